The molecule has 4 nitrogen and oxygen atoms in total. The van der Waals surface area contributed by atoms with Crippen LogP contribution >= 0.6 is 0 Å². The Morgan fingerprint density at radius 3 is 2.76 bits per heavy atom. The van der Waals surface area contributed by atoms with Gasteiger partial charge >= 0.3 is 0 Å². The standard InChI is InChI=1S/C20H24FN3O/c1-14-19(12-22-15(2)23-14)20(25)24-11-3-4-17(13-24)6-5-16-7-9-18(21)10-8-16/h7-10,12,17H,3-6,11,13H2,1-2H3/t17-/m1/s1. The van der Waals surface area contributed by atoms with Crippen molar-refractivity contribution < 1.29 is 9.18 Å². The zero-order valence-corrected chi connectivity index (χ0v) is 14.8. The number of aryl methyl sites for hydroxylation is 3. The molecule has 1 saturated heterocycles. The maximum absolute atomic E-state index is 13.0. The molecular formula is C20H24FN3O. The van der Waals surface area contributed by atoms with E-state index >= 15 is 0 Å². The average Bonchev–Trinajstić information content (AvgIpc) is 2.61. The maximum Gasteiger partial charge on any atom is 0.257 e. The Balaban J connectivity index is 1.60. The van der Waals surface area contributed by atoms with E-state index in [9.17, 15) is 9.18 Å². The molecule has 1 atom stereocenters. The third-order valence-electron chi connectivity index (χ3n) is 4.89. The van der Waals surface area contributed by atoms with Crippen molar-refractivity contribution >= 4 is 5.91 Å². The van der Waals surface area contributed by atoms with Gasteiger partial charge in [-0.1, -0.05) is 12.1 Å². The number of piperidine rings is 1. The van der Waals surface area contributed by atoms with Crippen molar-refractivity contribution in [3.05, 3.63) is 58.9 Å². The minimum Gasteiger partial charge on any atom is -0.338 e. The van der Waals surface area contributed by atoms with Crippen molar-refractivity contribution in [2.75, 3.05) is 13.1 Å². The summed E-state index contributed by atoms with van der Waals surface area (Å²) in [5, 5.41) is 0. The molecule has 132 valence electrons. The van der Waals surface area contributed by atoms with Crippen LogP contribution in [0.4, 0.5) is 4.39 Å². The van der Waals surface area contributed by atoms with Crippen molar-refractivity contribution in [2.45, 2.75) is 39.5 Å². The second-order valence-corrected chi connectivity index (χ2v) is 6.84. The molecule has 1 aromatic carbocycles. The molecular weight excluding hydrogens is 317 g/mol. The lowest BCUT2D eigenvalue weighted by molar-refractivity contribution is 0.0666. The van der Waals surface area contributed by atoms with E-state index in [-0.39, 0.29) is 11.7 Å². The first kappa shape index (κ1) is 17.5. The number of hydrogen-bond donors (Lipinski definition) is 0. The molecule has 1 amide bonds. The monoisotopic (exact) mass is 341 g/mol. The molecule has 0 unspecified atom stereocenters. The molecule has 0 saturated carbocycles. The first-order chi connectivity index (χ1) is 12.0. The molecule has 0 N–H and O–H groups in total. The number of rotatable bonds is 4. The smallest absolute Gasteiger partial charge is 0.257 e. The van der Waals surface area contributed by atoms with E-state index in [1.807, 2.05) is 30.9 Å². The number of likely N-dealkylation sites (tertiary alicyclic amines) is 1. The molecule has 3 rings (SSSR count). The van der Waals surface area contributed by atoms with Gasteiger partial charge in [-0.15, -0.1) is 0 Å². The van der Waals surface area contributed by atoms with Crippen LogP contribution in [0.5, 0.6) is 0 Å². The van der Waals surface area contributed by atoms with E-state index in [0.717, 1.165) is 50.0 Å². The van der Waals surface area contributed by atoms with E-state index in [1.54, 1.807) is 6.20 Å². The molecule has 5 heteroatoms. The van der Waals surface area contributed by atoms with Gasteiger partial charge in [0, 0.05) is 19.3 Å². The lowest BCUT2D eigenvalue weighted by atomic mass is 9.91. The maximum atomic E-state index is 13.0. The Hall–Kier alpha value is -2.30. The molecule has 0 radical (unpaired) electrons. The predicted octanol–water partition coefficient (Wildman–Crippen LogP) is 3.72. The molecule has 25 heavy (non-hydrogen) atoms. The van der Waals surface area contributed by atoms with Gasteiger partial charge in [-0.3, -0.25) is 4.79 Å². The van der Waals surface area contributed by atoms with E-state index in [4.69, 9.17) is 0 Å². The van der Waals surface area contributed by atoms with Crippen molar-refractivity contribution in [3.8, 4) is 0 Å². The lowest BCUT2D eigenvalue weighted by Gasteiger charge is -2.33. The number of halogens is 1. The van der Waals surface area contributed by atoms with Gasteiger partial charge in [0.25, 0.3) is 5.91 Å². The second kappa shape index (κ2) is 7.72. The van der Waals surface area contributed by atoms with Crippen molar-refractivity contribution in [1.29, 1.82) is 0 Å². The van der Waals surface area contributed by atoms with Crippen LogP contribution in [0.1, 0.15) is 46.7 Å². The highest BCUT2D eigenvalue weighted by molar-refractivity contribution is 5.95. The SMILES string of the molecule is Cc1ncc(C(=O)N2CCC[C@H](CCc3ccc(F)cc3)C2)c(C)n1. The summed E-state index contributed by atoms with van der Waals surface area (Å²) in [6, 6.07) is 6.70. The summed E-state index contributed by atoms with van der Waals surface area (Å²) in [6.45, 7) is 5.25. The average molecular weight is 341 g/mol. The van der Waals surface area contributed by atoms with Crippen LogP contribution in [0.25, 0.3) is 0 Å². The van der Waals surface area contributed by atoms with Crippen LogP contribution in [0.3, 0.4) is 0 Å². The first-order valence-corrected chi connectivity index (χ1v) is 8.87. The van der Waals surface area contributed by atoms with Gasteiger partial charge in [0.05, 0.1) is 11.3 Å². The summed E-state index contributed by atoms with van der Waals surface area (Å²) in [7, 11) is 0. The molecule has 1 aliphatic rings. The first-order valence-electron chi connectivity index (χ1n) is 8.87. The Morgan fingerprint density at radius 1 is 1.28 bits per heavy atom. The number of benzene rings is 1. The molecule has 0 aliphatic carbocycles. The van der Waals surface area contributed by atoms with E-state index in [0.29, 0.717) is 17.3 Å². The van der Waals surface area contributed by atoms with Crippen LogP contribution in [0, 0.1) is 25.6 Å². The number of hydrogen-bond acceptors (Lipinski definition) is 3. The molecule has 0 spiro atoms. The van der Waals surface area contributed by atoms with Gasteiger partial charge in [-0.25, -0.2) is 14.4 Å². The third kappa shape index (κ3) is 4.41. The normalized spacial score (nSPS) is 17.6. The predicted molar refractivity (Wildman–Crippen MR) is 94.9 cm³/mol. The van der Waals surface area contributed by atoms with Gasteiger partial charge in [0.15, 0.2) is 0 Å². The fourth-order valence-electron chi connectivity index (χ4n) is 3.47. The highest BCUT2D eigenvalue weighted by Crippen LogP contribution is 2.23. The van der Waals surface area contributed by atoms with Gasteiger partial charge in [0.2, 0.25) is 0 Å². The third-order valence-corrected chi connectivity index (χ3v) is 4.89. The zero-order valence-electron chi connectivity index (χ0n) is 14.8. The van der Waals surface area contributed by atoms with E-state index in [2.05, 4.69) is 9.97 Å². The van der Waals surface area contributed by atoms with Crippen LogP contribution in [-0.4, -0.2) is 33.9 Å². The Morgan fingerprint density at radius 2 is 2.04 bits per heavy atom. The number of nitrogens with zero attached hydrogens (tertiary/aromatic N) is 3. The Labute approximate surface area is 148 Å². The van der Waals surface area contributed by atoms with Crippen LogP contribution < -0.4 is 0 Å². The second-order valence-electron chi connectivity index (χ2n) is 6.84. The van der Waals surface area contributed by atoms with Gasteiger partial charge in [-0.2, -0.15) is 0 Å². The zero-order chi connectivity index (χ0) is 17.8. The molecule has 2 heterocycles. The van der Waals surface area contributed by atoms with Crippen molar-refractivity contribution in [2.24, 2.45) is 5.92 Å². The molecule has 1 aliphatic heterocycles. The minimum atomic E-state index is -0.200. The minimum absolute atomic E-state index is 0.0315. The largest absolute Gasteiger partial charge is 0.338 e. The highest BCUT2D eigenvalue weighted by atomic mass is 19.1. The van der Waals surface area contributed by atoms with Crippen LogP contribution in [0.2, 0.25) is 0 Å². The fraction of sp³-hybridized carbons (Fsp3) is 0.450. The fourth-order valence-corrected chi connectivity index (χ4v) is 3.47. The summed E-state index contributed by atoms with van der Waals surface area (Å²) in [5.41, 5.74) is 2.49. The summed E-state index contributed by atoms with van der Waals surface area (Å²) in [5.74, 6) is 0.997. The topological polar surface area (TPSA) is 46.1 Å². The quantitative estimate of drug-likeness (QED) is 0.851. The lowest BCUT2D eigenvalue weighted by Crippen LogP contribution is -2.40. The molecule has 0 bridgehead atoms. The van der Waals surface area contributed by atoms with E-state index < -0.39 is 0 Å². The number of aromatic nitrogens is 2. The summed E-state index contributed by atoms with van der Waals surface area (Å²) in [6.07, 6.45) is 5.72. The summed E-state index contributed by atoms with van der Waals surface area (Å²) >= 11 is 0. The Bertz CT molecular complexity index is 745. The summed E-state index contributed by atoms with van der Waals surface area (Å²) < 4.78 is 13.0. The highest BCUT2D eigenvalue weighted by Gasteiger charge is 2.25. The Kier molecular flexibility index (Phi) is 5.41. The van der Waals surface area contributed by atoms with Gasteiger partial charge in [0.1, 0.15) is 11.6 Å². The molecule has 1 aromatic heterocycles. The molecule has 2 aromatic rings. The van der Waals surface area contributed by atoms with Gasteiger partial charge in [-0.05, 0) is 63.1 Å². The van der Waals surface area contributed by atoms with Crippen LogP contribution in [0.15, 0.2) is 30.5 Å². The van der Waals surface area contributed by atoms with Crippen molar-refractivity contribution in [1.82, 2.24) is 14.9 Å². The summed E-state index contributed by atoms with van der Waals surface area (Å²) in [4.78, 5) is 23.2. The number of carbonyl (C=O) groups is 1. The van der Waals surface area contributed by atoms with E-state index in [1.165, 1.54) is 12.1 Å². The number of amides is 1. The van der Waals surface area contributed by atoms with Crippen molar-refractivity contribution in [3.63, 3.8) is 0 Å². The van der Waals surface area contributed by atoms with Gasteiger partial charge < -0.3 is 4.90 Å². The molecule has 1 fully saturated rings. The van der Waals surface area contributed by atoms with Crippen LogP contribution in [-0.2, 0) is 6.42 Å². The number of carbonyl (C=O) groups excluding carboxylic acids is 1.